The Balaban J connectivity index is 0.00000181. The number of para-hydroxylation sites is 1. The van der Waals surface area contributed by atoms with E-state index in [1.165, 1.54) is 4.90 Å². The van der Waals surface area contributed by atoms with E-state index in [0.29, 0.717) is 24.7 Å². The Morgan fingerprint density at radius 2 is 1.84 bits per heavy atom. The number of benzene rings is 1. The second kappa shape index (κ2) is 8.79. The van der Waals surface area contributed by atoms with E-state index >= 15 is 0 Å². The predicted octanol–water partition coefficient (Wildman–Crippen LogP) is 0.104. The van der Waals surface area contributed by atoms with Crippen LogP contribution in [0.15, 0.2) is 24.3 Å². The Kier molecular flexibility index (Phi) is 6.67. The zero-order valence-electron chi connectivity index (χ0n) is 19.2. The third kappa shape index (κ3) is 4.17. The SMILES string of the molecule is CC1(C)C(=O)N(C(=O)NCC2CCN(CC3(C(=O)O)CCC3)CC2)c2ccccc21.[Cl-].[H+]. The second-order valence-corrected chi connectivity index (χ2v) is 9.63. The lowest BCUT2D eigenvalue weighted by Gasteiger charge is -2.43. The van der Waals surface area contributed by atoms with E-state index in [4.69, 9.17) is 0 Å². The monoisotopic (exact) mass is 449 g/mol. The van der Waals surface area contributed by atoms with Gasteiger partial charge >= 0.3 is 13.4 Å². The maximum Gasteiger partial charge on any atom is 1.00 e. The smallest absolute Gasteiger partial charge is 1.00 e. The average Bonchev–Trinajstić information content (AvgIpc) is 2.90. The molecule has 0 unspecified atom stereocenters. The van der Waals surface area contributed by atoms with Crippen molar-refractivity contribution in [3.8, 4) is 0 Å². The molecule has 170 valence electrons. The number of carbonyl (C=O) groups is 3. The quantitative estimate of drug-likeness (QED) is 0.665. The molecule has 2 aliphatic heterocycles. The fourth-order valence-electron chi connectivity index (χ4n) is 5.03. The Bertz CT molecular complexity index is 867. The number of likely N-dealkylation sites (tertiary alicyclic amines) is 1. The molecular formula is C23H32ClN3O4. The molecule has 0 radical (unpaired) electrons. The number of rotatable bonds is 5. The number of carbonyl (C=O) groups excluding carboxylic acids is 2. The molecule has 31 heavy (non-hydrogen) atoms. The minimum atomic E-state index is -0.707. The first kappa shape index (κ1) is 23.5. The molecule has 1 aromatic rings. The van der Waals surface area contributed by atoms with E-state index in [1.54, 1.807) is 0 Å². The van der Waals surface area contributed by atoms with Crippen molar-refractivity contribution in [2.24, 2.45) is 11.3 Å². The van der Waals surface area contributed by atoms with Gasteiger partial charge in [-0.25, -0.2) is 9.69 Å². The number of urea groups is 1. The first-order chi connectivity index (χ1) is 14.2. The van der Waals surface area contributed by atoms with Crippen molar-refractivity contribution >= 4 is 23.6 Å². The van der Waals surface area contributed by atoms with Crippen LogP contribution in [0.3, 0.4) is 0 Å². The van der Waals surface area contributed by atoms with Gasteiger partial charge in [0.1, 0.15) is 0 Å². The van der Waals surface area contributed by atoms with Gasteiger partial charge in [-0.3, -0.25) is 9.59 Å². The number of hydrogen-bond donors (Lipinski definition) is 2. The van der Waals surface area contributed by atoms with Crippen LogP contribution < -0.4 is 22.6 Å². The van der Waals surface area contributed by atoms with Gasteiger partial charge in [0.2, 0.25) is 5.91 Å². The maximum atomic E-state index is 12.9. The van der Waals surface area contributed by atoms with Gasteiger partial charge in [-0.1, -0.05) is 24.6 Å². The lowest BCUT2D eigenvalue weighted by molar-refractivity contribution is -0.156. The molecular weight excluding hydrogens is 418 g/mol. The third-order valence-corrected chi connectivity index (χ3v) is 7.30. The molecule has 8 heteroatoms. The lowest BCUT2D eigenvalue weighted by atomic mass is 9.68. The van der Waals surface area contributed by atoms with Crippen LogP contribution in [0.5, 0.6) is 0 Å². The highest BCUT2D eigenvalue weighted by atomic mass is 35.5. The average molecular weight is 450 g/mol. The minimum Gasteiger partial charge on any atom is -1.00 e. The third-order valence-electron chi connectivity index (χ3n) is 7.30. The first-order valence-electron chi connectivity index (χ1n) is 10.9. The fourth-order valence-corrected chi connectivity index (χ4v) is 5.03. The summed E-state index contributed by atoms with van der Waals surface area (Å²) in [5.41, 5.74) is 0.291. The summed E-state index contributed by atoms with van der Waals surface area (Å²) in [6.07, 6.45) is 4.40. The molecule has 2 fully saturated rings. The van der Waals surface area contributed by atoms with Gasteiger partial charge in [-0.15, -0.1) is 0 Å². The van der Waals surface area contributed by atoms with Crippen molar-refractivity contribution in [1.82, 2.24) is 10.2 Å². The highest BCUT2D eigenvalue weighted by Gasteiger charge is 2.47. The summed E-state index contributed by atoms with van der Waals surface area (Å²) in [5, 5.41) is 12.5. The molecule has 2 heterocycles. The molecule has 3 aliphatic rings. The standard InChI is InChI=1S/C23H31N3O4.ClH/c1-22(2)17-6-3-4-7-18(17)26(19(22)27)21(30)24-14-16-8-12-25(13-9-16)15-23(20(28)29)10-5-11-23;/h3-4,6-7,16H,5,8-15H2,1-2H3,(H,24,30)(H,28,29);1H. The summed E-state index contributed by atoms with van der Waals surface area (Å²) in [5.74, 6) is -0.523. The number of imide groups is 1. The first-order valence-corrected chi connectivity index (χ1v) is 10.9. The molecule has 0 spiro atoms. The van der Waals surface area contributed by atoms with Crippen LogP contribution in [-0.4, -0.2) is 54.1 Å². The van der Waals surface area contributed by atoms with Crippen molar-refractivity contribution < 1.29 is 33.3 Å². The number of hydrogen-bond acceptors (Lipinski definition) is 4. The number of piperidine rings is 1. The van der Waals surface area contributed by atoms with Gasteiger partial charge in [0, 0.05) is 13.1 Å². The van der Waals surface area contributed by atoms with Crippen molar-refractivity contribution in [3.05, 3.63) is 29.8 Å². The second-order valence-electron chi connectivity index (χ2n) is 9.63. The molecule has 1 aliphatic carbocycles. The highest BCUT2D eigenvalue weighted by molar-refractivity contribution is 6.22. The highest BCUT2D eigenvalue weighted by Crippen LogP contribution is 2.43. The number of carboxylic acids is 1. The summed E-state index contributed by atoms with van der Waals surface area (Å²) in [6.45, 7) is 6.58. The summed E-state index contributed by atoms with van der Waals surface area (Å²) < 4.78 is 0. The Hall–Kier alpha value is -2.12. The lowest BCUT2D eigenvalue weighted by Crippen LogP contribution is -3.00. The van der Waals surface area contributed by atoms with Crippen LogP contribution in [0.4, 0.5) is 10.5 Å². The number of carboxylic acid groups (broad SMARTS) is 1. The summed E-state index contributed by atoms with van der Waals surface area (Å²) in [6, 6.07) is 7.09. The van der Waals surface area contributed by atoms with Crippen LogP contribution in [0.25, 0.3) is 0 Å². The number of amides is 3. The van der Waals surface area contributed by atoms with E-state index < -0.39 is 16.8 Å². The van der Waals surface area contributed by atoms with Crippen LogP contribution in [0.2, 0.25) is 0 Å². The van der Waals surface area contributed by atoms with E-state index in [0.717, 1.165) is 50.8 Å². The predicted molar refractivity (Wildman–Crippen MR) is 115 cm³/mol. The van der Waals surface area contributed by atoms with Gasteiger partial charge in [0.05, 0.1) is 16.5 Å². The van der Waals surface area contributed by atoms with Crippen molar-refractivity contribution in [1.29, 1.82) is 0 Å². The van der Waals surface area contributed by atoms with E-state index in [-0.39, 0.29) is 25.8 Å². The number of nitrogens with zero attached hydrogens (tertiary/aromatic N) is 2. The Morgan fingerprint density at radius 1 is 1.19 bits per heavy atom. The number of nitrogens with one attached hydrogen (secondary N) is 1. The number of fused-ring (bicyclic) bond motifs is 1. The maximum absolute atomic E-state index is 12.9. The van der Waals surface area contributed by atoms with Crippen LogP contribution >= 0.6 is 0 Å². The van der Waals surface area contributed by atoms with E-state index in [2.05, 4.69) is 10.2 Å². The zero-order chi connectivity index (χ0) is 21.5. The van der Waals surface area contributed by atoms with Gasteiger partial charge in [0.15, 0.2) is 0 Å². The Labute approximate surface area is 191 Å². The fraction of sp³-hybridized carbons (Fsp3) is 0.609. The molecule has 2 N–H and O–H groups in total. The van der Waals surface area contributed by atoms with Gasteiger partial charge < -0.3 is 27.7 Å². The normalized spacial score (nSPS) is 22.3. The molecule has 0 atom stereocenters. The van der Waals surface area contributed by atoms with E-state index in [1.807, 2.05) is 38.1 Å². The van der Waals surface area contributed by atoms with E-state index in [9.17, 15) is 19.5 Å². The van der Waals surface area contributed by atoms with Gasteiger partial charge in [0.25, 0.3) is 0 Å². The van der Waals surface area contributed by atoms with Crippen LogP contribution in [0.1, 0.15) is 52.9 Å². The van der Waals surface area contributed by atoms with Gasteiger partial charge in [-0.05, 0) is 70.2 Å². The van der Waals surface area contributed by atoms with Crippen molar-refractivity contribution in [2.75, 3.05) is 31.1 Å². The zero-order valence-corrected chi connectivity index (χ0v) is 19.0. The molecule has 0 bridgehead atoms. The van der Waals surface area contributed by atoms with Gasteiger partial charge in [-0.2, -0.15) is 0 Å². The Morgan fingerprint density at radius 3 is 2.42 bits per heavy atom. The number of aliphatic carboxylic acids is 1. The molecule has 4 rings (SSSR count). The minimum absolute atomic E-state index is 0. The largest absolute Gasteiger partial charge is 1.00 e. The number of anilines is 1. The number of halogens is 1. The molecule has 1 saturated carbocycles. The summed E-state index contributed by atoms with van der Waals surface area (Å²) in [7, 11) is 0. The van der Waals surface area contributed by atoms with Crippen LogP contribution in [-0.2, 0) is 15.0 Å². The molecule has 1 aromatic carbocycles. The molecule has 0 aromatic heterocycles. The summed E-state index contributed by atoms with van der Waals surface area (Å²) in [4.78, 5) is 40.8. The summed E-state index contributed by atoms with van der Waals surface area (Å²) >= 11 is 0. The van der Waals surface area contributed by atoms with Crippen molar-refractivity contribution in [3.63, 3.8) is 0 Å². The van der Waals surface area contributed by atoms with Crippen molar-refractivity contribution in [2.45, 2.75) is 51.4 Å². The topological polar surface area (TPSA) is 90.0 Å². The molecule has 3 amide bonds. The molecule has 7 nitrogen and oxygen atoms in total. The van der Waals surface area contributed by atoms with Crippen LogP contribution in [0, 0.1) is 11.3 Å². The molecule has 1 saturated heterocycles.